The zero-order valence-corrected chi connectivity index (χ0v) is 12.6. The number of fused-ring (bicyclic) bond motifs is 1. The first kappa shape index (κ1) is 13.0. The molecule has 0 saturated heterocycles. The zero-order valence-electron chi connectivity index (χ0n) is 12.6. The molecular weight excluding hydrogens is 246 g/mol. The number of aromatic nitrogens is 3. The maximum atomic E-state index is 4.82. The van der Waals surface area contributed by atoms with Gasteiger partial charge in [0.25, 0.3) is 0 Å². The van der Waals surface area contributed by atoms with Crippen molar-refractivity contribution in [1.82, 2.24) is 14.8 Å². The fraction of sp³-hybridized carbons (Fsp3) is 0.353. The van der Waals surface area contributed by atoms with Crippen molar-refractivity contribution < 1.29 is 0 Å². The second kappa shape index (κ2) is 4.51. The van der Waals surface area contributed by atoms with Crippen LogP contribution in [0.4, 0.5) is 0 Å². The van der Waals surface area contributed by atoms with Gasteiger partial charge in [-0.2, -0.15) is 5.10 Å². The van der Waals surface area contributed by atoms with Crippen molar-refractivity contribution in [2.75, 3.05) is 0 Å². The number of nitrogens with zero attached hydrogens (tertiary/aromatic N) is 2. The molecule has 0 aliphatic heterocycles. The second-order valence-corrected chi connectivity index (χ2v) is 6.30. The lowest BCUT2D eigenvalue weighted by atomic mass is 9.89. The number of benzene rings is 1. The second-order valence-electron chi connectivity index (χ2n) is 6.30. The molecule has 1 aromatic carbocycles. The van der Waals surface area contributed by atoms with Gasteiger partial charge in [-0.3, -0.25) is 0 Å². The van der Waals surface area contributed by atoms with Gasteiger partial charge in [-0.1, -0.05) is 27.7 Å². The summed E-state index contributed by atoms with van der Waals surface area (Å²) in [7, 11) is 0. The Labute approximate surface area is 119 Å². The predicted molar refractivity (Wildman–Crippen MR) is 83.5 cm³/mol. The fourth-order valence-electron chi connectivity index (χ4n) is 2.62. The smallest absolute Gasteiger partial charge is 0.0714 e. The van der Waals surface area contributed by atoms with Crippen molar-refractivity contribution in [3.05, 3.63) is 47.9 Å². The van der Waals surface area contributed by atoms with Gasteiger partial charge in [-0.05, 0) is 36.2 Å². The van der Waals surface area contributed by atoms with Crippen LogP contribution < -0.4 is 0 Å². The van der Waals surface area contributed by atoms with Gasteiger partial charge in [0.15, 0.2) is 0 Å². The number of rotatable bonds is 2. The average molecular weight is 267 g/mol. The third kappa shape index (κ3) is 2.13. The van der Waals surface area contributed by atoms with Crippen LogP contribution in [0, 0.1) is 0 Å². The van der Waals surface area contributed by atoms with E-state index in [4.69, 9.17) is 5.10 Å². The lowest BCUT2D eigenvalue weighted by Gasteiger charge is -2.16. The Kier molecular flexibility index (Phi) is 2.93. The molecule has 104 valence electrons. The number of nitrogens with one attached hydrogen (secondary N) is 1. The minimum absolute atomic E-state index is 0.0782. The van der Waals surface area contributed by atoms with Gasteiger partial charge < -0.3 is 4.98 Å². The molecule has 0 fully saturated rings. The monoisotopic (exact) mass is 267 g/mol. The summed E-state index contributed by atoms with van der Waals surface area (Å²) < 4.78 is 2.01. The predicted octanol–water partition coefficient (Wildman–Crippen LogP) is 4.21. The number of aryl methyl sites for hydroxylation is 1. The summed E-state index contributed by atoms with van der Waals surface area (Å²) >= 11 is 0. The van der Waals surface area contributed by atoms with Gasteiger partial charge in [0.05, 0.1) is 11.4 Å². The standard InChI is InChI=1S/C17H21N3/c1-5-12-11-20(19-16(12)17(2,3)4)14-6-7-15-13(10-14)8-9-18-15/h6-11,18H,5H2,1-4H3. The van der Waals surface area contributed by atoms with Crippen LogP contribution in [-0.2, 0) is 11.8 Å². The van der Waals surface area contributed by atoms with E-state index in [-0.39, 0.29) is 5.41 Å². The highest BCUT2D eigenvalue weighted by Crippen LogP contribution is 2.26. The Morgan fingerprint density at radius 1 is 1.20 bits per heavy atom. The molecule has 1 N–H and O–H groups in total. The van der Waals surface area contributed by atoms with Gasteiger partial charge in [-0.25, -0.2) is 4.68 Å². The molecule has 0 amide bonds. The molecule has 0 atom stereocenters. The summed E-state index contributed by atoms with van der Waals surface area (Å²) in [5.74, 6) is 0. The summed E-state index contributed by atoms with van der Waals surface area (Å²) in [4.78, 5) is 3.22. The van der Waals surface area contributed by atoms with Gasteiger partial charge >= 0.3 is 0 Å². The first-order chi connectivity index (χ1) is 9.49. The van der Waals surface area contributed by atoms with Crippen LogP contribution >= 0.6 is 0 Å². The van der Waals surface area contributed by atoms with Gasteiger partial charge in [0.1, 0.15) is 0 Å². The average Bonchev–Trinajstić information content (AvgIpc) is 3.03. The molecule has 0 saturated carbocycles. The molecular formula is C17H21N3. The van der Waals surface area contributed by atoms with Crippen LogP contribution in [0.3, 0.4) is 0 Å². The van der Waals surface area contributed by atoms with E-state index in [0.29, 0.717) is 0 Å². The summed E-state index contributed by atoms with van der Waals surface area (Å²) in [6.45, 7) is 8.84. The molecule has 3 rings (SSSR count). The van der Waals surface area contributed by atoms with E-state index in [2.05, 4.69) is 63.1 Å². The molecule has 0 radical (unpaired) electrons. The third-order valence-corrected chi connectivity index (χ3v) is 3.68. The van der Waals surface area contributed by atoms with Gasteiger partial charge in [0.2, 0.25) is 0 Å². The van der Waals surface area contributed by atoms with Crippen molar-refractivity contribution in [3.8, 4) is 5.69 Å². The molecule has 0 unspecified atom stereocenters. The lowest BCUT2D eigenvalue weighted by molar-refractivity contribution is 0.555. The van der Waals surface area contributed by atoms with E-state index < -0.39 is 0 Å². The largest absolute Gasteiger partial charge is 0.361 e. The first-order valence-corrected chi connectivity index (χ1v) is 7.15. The Bertz CT molecular complexity index is 741. The van der Waals surface area contributed by atoms with E-state index in [1.807, 2.05) is 10.9 Å². The SMILES string of the molecule is CCc1cn(-c2ccc3[nH]ccc3c2)nc1C(C)(C)C. The topological polar surface area (TPSA) is 33.6 Å². The quantitative estimate of drug-likeness (QED) is 0.741. The van der Waals surface area contributed by atoms with Crippen molar-refractivity contribution in [1.29, 1.82) is 0 Å². The Hall–Kier alpha value is -2.03. The molecule has 3 nitrogen and oxygen atoms in total. The van der Waals surface area contributed by atoms with Crippen molar-refractivity contribution >= 4 is 10.9 Å². The van der Waals surface area contributed by atoms with Crippen LogP contribution in [0.2, 0.25) is 0 Å². The molecule has 2 aromatic heterocycles. The summed E-state index contributed by atoms with van der Waals surface area (Å²) in [6.07, 6.45) is 5.14. The van der Waals surface area contributed by atoms with Crippen LogP contribution in [-0.4, -0.2) is 14.8 Å². The number of hydrogen-bond donors (Lipinski definition) is 1. The Balaban J connectivity index is 2.11. The highest BCUT2D eigenvalue weighted by Gasteiger charge is 2.21. The molecule has 3 heteroatoms. The molecule has 20 heavy (non-hydrogen) atoms. The van der Waals surface area contributed by atoms with E-state index in [0.717, 1.165) is 17.6 Å². The van der Waals surface area contributed by atoms with Crippen LogP contribution in [0.15, 0.2) is 36.7 Å². The Morgan fingerprint density at radius 3 is 2.65 bits per heavy atom. The highest BCUT2D eigenvalue weighted by molar-refractivity contribution is 5.81. The minimum atomic E-state index is 0.0782. The summed E-state index contributed by atoms with van der Waals surface area (Å²) in [6, 6.07) is 8.48. The summed E-state index contributed by atoms with van der Waals surface area (Å²) in [5, 5.41) is 6.04. The number of H-pyrrole nitrogens is 1. The van der Waals surface area contributed by atoms with Crippen molar-refractivity contribution in [3.63, 3.8) is 0 Å². The Morgan fingerprint density at radius 2 is 2.00 bits per heavy atom. The van der Waals surface area contributed by atoms with Gasteiger partial charge in [-0.15, -0.1) is 0 Å². The van der Waals surface area contributed by atoms with E-state index >= 15 is 0 Å². The normalized spacial score (nSPS) is 12.2. The minimum Gasteiger partial charge on any atom is -0.361 e. The fourth-order valence-corrected chi connectivity index (χ4v) is 2.62. The zero-order chi connectivity index (χ0) is 14.3. The molecule has 0 aliphatic rings. The first-order valence-electron chi connectivity index (χ1n) is 7.15. The highest BCUT2D eigenvalue weighted by atomic mass is 15.3. The van der Waals surface area contributed by atoms with Gasteiger partial charge in [0, 0.05) is 28.7 Å². The van der Waals surface area contributed by atoms with E-state index in [1.165, 1.54) is 16.6 Å². The van der Waals surface area contributed by atoms with Crippen LogP contribution in [0.1, 0.15) is 39.0 Å². The van der Waals surface area contributed by atoms with Crippen LogP contribution in [0.5, 0.6) is 0 Å². The van der Waals surface area contributed by atoms with Crippen LogP contribution in [0.25, 0.3) is 16.6 Å². The lowest BCUT2D eigenvalue weighted by Crippen LogP contribution is -2.14. The van der Waals surface area contributed by atoms with Crippen molar-refractivity contribution in [2.24, 2.45) is 0 Å². The molecule has 0 aliphatic carbocycles. The third-order valence-electron chi connectivity index (χ3n) is 3.68. The maximum absolute atomic E-state index is 4.82. The molecule has 0 bridgehead atoms. The molecule has 0 spiro atoms. The molecule has 3 aromatic rings. The molecule has 2 heterocycles. The number of aromatic amines is 1. The number of hydrogen-bond acceptors (Lipinski definition) is 1. The maximum Gasteiger partial charge on any atom is 0.0714 e. The summed E-state index contributed by atoms with van der Waals surface area (Å²) in [5.41, 5.74) is 4.87. The van der Waals surface area contributed by atoms with E-state index in [9.17, 15) is 0 Å². The van der Waals surface area contributed by atoms with E-state index in [1.54, 1.807) is 0 Å². The van der Waals surface area contributed by atoms with Crippen molar-refractivity contribution in [2.45, 2.75) is 39.5 Å².